The number of nitrogens with zero attached hydrogens (tertiary/aromatic N) is 2. The lowest BCUT2D eigenvalue weighted by molar-refractivity contribution is 0.500. The van der Waals surface area contributed by atoms with Crippen molar-refractivity contribution in [3.05, 3.63) is 53.9 Å². The third-order valence-corrected chi connectivity index (χ3v) is 3.43. The zero-order valence-corrected chi connectivity index (χ0v) is 9.84. The van der Waals surface area contributed by atoms with Gasteiger partial charge in [0, 0.05) is 31.4 Å². The van der Waals surface area contributed by atoms with Crippen LogP contribution in [0.25, 0.3) is 0 Å². The number of nitrogens with one attached hydrogen (secondary N) is 1. The van der Waals surface area contributed by atoms with E-state index >= 15 is 0 Å². The van der Waals surface area contributed by atoms with E-state index in [0.29, 0.717) is 5.92 Å². The van der Waals surface area contributed by atoms with Gasteiger partial charge >= 0.3 is 0 Å². The molecular formula is C14H17N3. The molecule has 1 unspecified atom stereocenters. The predicted molar refractivity (Wildman–Crippen MR) is 68.0 cm³/mol. The van der Waals surface area contributed by atoms with Crippen molar-refractivity contribution in [2.45, 2.75) is 18.9 Å². The summed E-state index contributed by atoms with van der Waals surface area (Å²) in [5.41, 5.74) is 3.05. The fourth-order valence-corrected chi connectivity index (χ4v) is 2.45. The summed E-state index contributed by atoms with van der Waals surface area (Å²) in [6, 6.07) is 10.7. The first-order valence-corrected chi connectivity index (χ1v) is 6.19. The summed E-state index contributed by atoms with van der Waals surface area (Å²) in [5.74, 6) is 0.712. The molecule has 1 N–H and O–H groups in total. The number of hydrogen-bond donors (Lipinski definition) is 1. The van der Waals surface area contributed by atoms with E-state index in [1.54, 1.807) is 0 Å². The smallest absolute Gasteiger partial charge is 0.0533 e. The fraction of sp³-hybridized carbons (Fsp3) is 0.357. The molecule has 0 bridgehead atoms. The normalized spacial score (nSPS) is 17.5. The highest BCUT2D eigenvalue weighted by atomic mass is 15.3. The quantitative estimate of drug-likeness (QED) is 0.790. The summed E-state index contributed by atoms with van der Waals surface area (Å²) in [5, 5.41) is 7.69. The Balaban J connectivity index is 1.42. The van der Waals surface area contributed by atoms with Crippen LogP contribution in [0.2, 0.25) is 0 Å². The Morgan fingerprint density at radius 1 is 1.29 bits per heavy atom. The molecule has 1 aliphatic carbocycles. The summed E-state index contributed by atoms with van der Waals surface area (Å²) in [4.78, 5) is 0. The summed E-state index contributed by atoms with van der Waals surface area (Å²) in [6.45, 7) is 3.01. The number of aromatic nitrogens is 2. The maximum absolute atomic E-state index is 4.18. The van der Waals surface area contributed by atoms with Crippen LogP contribution < -0.4 is 5.32 Å². The van der Waals surface area contributed by atoms with Gasteiger partial charge in [-0.2, -0.15) is 5.10 Å². The minimum atomic E-state index is 0.712. The second-order valence-corrected chi connectivity index (χ2v) is 4.57. The van der Waals surface area contributed by atoms with Crippen LogP contribution in [0.4, 0.5) is 0 Å². The molecule has 2 aromatic rings. The van der Waals surface area contributed by atoms with Crippen LogP contribution >= 0.6 is 0 Å². The van der Waals surface area contributed by atoms with Gasteiger partial charge in [-0.3, -0.25) is 4.68 Å². The van der Waals surface area contributed by atoms with Crippen molar-refractivity contribution in [1.29, 1.82) is 0 Å². The van der Waals surface area contributed by atoms with Crippen LogP contribution in [0.3, 0.4) is 0 Å². The van der Waals surface area contributed by atoms with Gasteiger partial charge in [0.05, 0.1) is 6.54 Å². The van der Waals surface area contributed by atoms with E-state index in [9.17, 15) is 0 Å². The first kappa shape index (κ1) is 10.5. The average molecular weight is 227 g/mol. The summed E-state index contributed by atoms with van der Waals surface area (Å²) in [6.07, 6.45) is 5.05. The van der Waals surface area contributed by atoms with Crippen molar-refractivity contribution >= 4 is 0 Å². The Bertz CT molecular complexity index is 476. The van der Waals surface area contributed by atoms with Gasteiger partial charge in [-0.15, -0.1) is 0 Å². The summed E-state index contributed by atoms with van der Waals surface area (Å²) in [7, 11) is 0. The molecule has 1 aliphatic rings. The molecule has 0 saturated heterocycles. The van der Waals surface area contributed by atoms with E-state index in [4.69, 9.17) is 0 Å². The zero-order chi connectivity index (χ0) is 11.5. The Kier molecular flexibility index (Phi) is 2.92. The van der Waals surface area contributed by atoms with E-state index in [1.807, 2.05) is 23.1 Å². The van der Waals surface area contributed by atoms with E-state index < -0.39 is 0 Å². The molecule has 0 amide bonds. The van der Waals surface area contributed by atoms with Gasteiger partial charge in [0.25, 0.3) is 0 Å². The molecule has 0 fully saturated rings. The van der Waals surface area contributed by atoms with Crippen LogP contribution in [0.5, 0.6) is 0 Å². The van der Waals surface area contributed by atoms with E-state index in [2.05, 4.69) is 34.7 Å². The number of benzene rings is 1. The molecule has 3 rings (SSSR count). The molecule has 0 spiro atoms. The third kappa shape index (κ3) is 2.24. The second-order valence-electron chi connectivity index (χ2n) is 4.57. The molecule has 1 aromatic carbocycles. The Labute approximate surface area is 101 Å². The topological polar surface area (TPSA) is 29.9 Å². The van der Waals surface area contributed by atoms with Crippen LogP contribution in [-0.2, 0) is 13.0 Å². The number of fused-ring (bicyclic) bond motifs is 1. The first-order chi connectivity index (χ1) is 8.43. The molecule has 0 aliphatic heterocycles. The van der Waals surface area contributed by atoms with E-state index in [-0.39, 0.29) is 0 Å². The highest BCUT2D eigenvalue weighted by molar-refractivity contribution is 5.40. The van der Waals surface area contributed by atoms with Crippen molar-refractivity contribution < 1.29 is 0 Å². The lowest BCUT2D eigenvalue weighted by Crippen LogP contribution is -2.31. The Hall–Kier alpha value is -1.61. The monoisotopic (exact) mass is 227 g/mol. The highest BCUT2D eigenvalue weighted by Crippen LogP contribution is 2.33. The highest BCUT2D eigenvalue weighted by Gasteiger charge is 2.24. The van der Waals surface area contributed by atoms with Crippen molar-refractivity contribution in [2.24, 2.45) is 0 Å². The summed E-state index contributed by atoms with van der Waals surface area (Å²) >= 11 is 0. The number of rotatable bonds is 5. The van der Waals surface area contributed by atoms with Crippen LogP contribution in [0.1, 0.15) is 17.0 Å². The molecule has 0 radical (unpaired) electrons. The van der Waals surface area contributed by atoms with Crippen molar-refractivity contribution in [2.75, 3.05) is 13.1 Å². The van der Waals surface area contributed by atoms with Gasteiger partial charge < -0.3 is 5.32 Å². The van der Waals surface area contributed by atoms with Crippen LogP contribution in [0.15, 0.2) is 42.7 Å². The number of hydrogen-bond acceptors (Lipinski definition) is 2. The van der Waals surface area contributed by atoms with Gasteiger partial charge in [-0.05, 0) is 23.6 Å². The maximum atomic E-state index is 4.18. The van der Waals surface area contributed by atoms with Crippen molar-refractivity contribution in [1.82, 2.24) is 15.1 Å². The fourth-order valence-electron chi connectivity index (χ4n) is 2.45. The van der Waals surface area contributed by atoms with Gasteiger partial charge in [0.1, 0.15) is 0 Å². The lowest BCUT2D eigenvalue weighted by Gasteiger charge is -2.30. The lowest BCUT2D eigenvalue weighted by atomic mass is 9.78. The Morgan fingerprint density at radius 3 is 3.06 bits per heavy atom. The minimum Gasteiger partial charge on any atom is -0.314 e. The van der Waals surface area contributed by atoms with E-state index in [1.165, 1.54) is 17.5 Å². The molecule has 88 valence electrons. The van der Waals surface area contributed by atoms with Crippen molar-refractivity contribution in [3.8, 4) is 0 Å². The molecule has 1 atom stereocenters. The minimum absolute atomic E-state index is 0.712. The molecule has 1 aromatic heterocycles. The molecule has 0 saturated carbocycles. The second kappa shape index (κ2) is 4.72. The van der Waals surface area contributed by atoms with E-state index in [0.717, 1.165) is 19.6 Å². The molecule has 1 heterocycles. The van der Waals surface area contributed by atoms with Gasteiger partial charge in [-0.1, -0.05) is 24.3 Å². The summed E-state index contributed by atoms with van der Waals surface area (Å²) < 4.78 is 1.96. The van der Waals surface area contributed by atoms with Crippen LogP contribution in [0, 0.1) is 0 Å². The molecule has 3 heteroatoms. The predicted octanol–water partition coefficient (Wildman–Crippen LogP) is 1.81. The third-order valence-electron chi connectivity index (χ3n) is 3.43. The standard InChI is InChI=1S/C14H17N3/c1-2-5-14-12(4-1)10-13(14)11-15-7-9-17-8-3-6-16-17/h1-6,8,13,15H,7,9-11H2. The molecule has 17 heavy (non-hydrogen) atoms. The largest absolute Gasteiger partial charge is 0.314 e. The van der Waals surface area contributed by atoms with Gasteiger partial charge in [0.2, 0.25) is 0 Å². The Morgan fingerprint density at radius 2 is 2.24 bits per heavy atom. The van der Waals surface area contributed by atoms with Gasteiger partial charge in [-0.25, -0.2) is 0 Å². The zero-order valence-electron chi connectivity index (χ0n) is 9.84. The van der Waals surface area contributed by atoms with Gasteiger partial charge in [0.15, 0.2) is 0 Å². The maximum Gasteiger partial charge on any atom is 0.0533 e. The molecular weight excluding hydrogens is 210 g/mol. The average Bonchev–Trinajstić information content (AvgIpc) is 2.82. The SMILES string of the molecule is c1ccc2c(c1)CC2CNCCn1cccn1. The molecule has 3 nitrogen and oxygen atoms in total. The van der Waals surface area contributed by atoms with Crippen LogP contribution in [-0.4, -0.2) is 22.9 Å². The van der Waals surface area contributed by atoms with Crippen molar-refractivity contribution in [3.63, 3.8) is 0 Å². The first-order valence-electron chi connectivity index (χ1n) is 6.19.